The summed E-state index contributed by atoms with van der Waals surface area (Å²) in [7, 11) is 0. The van der Waals surface area contributed by atoms with Gasteiger partial charge in [-0.05, 0) is 26.4 Å². The lowest BCUT2D eigenvalue weighted by molar-refractivity contribution is -0.142. The van der Waals surface area contributed by atoms with Crippen LogP contribution < -0.4 is 4.90 Å². The van der Waals surface area contributed by atoms with E-state index in [1.165, 1.54) is 12.1 Å². The van der Waals surface area contributed by atoms with E-state index >= 15 is 0 Å². The summed E-state index contributed by atoms with van der Waals surface area (Å²) in [5, 5.41) is 9.05. The first-order valence-corrected chi connectivity index (χ1v) is 8.80. The summed E-state index contributed by atoms with van der Waals surface area (Å²) < 4.78 is 143. The van der Waals surface area contributed by atoms with Gasteiger partial charge < -0.3 is 14.7 Å². The molecule has 0 saturated carbocycles. The molecule has 0 aliphatic carbocycles. The second kappa shape index (κ2) is 11.2. The second-order valence-electron chi connectivity index (χ2n) is 5.81. The summed E-state index contributed by atoms with van der Waals surface area (Å²) in [6.07, 6.45) is -8.30. The fourth-order valence-corrected chi connectivity index (χ4v) is 2.52. The highest BCUT2D eigenvalue weighted by Gasteiger charge is 2.17. The minimum Gasteiger partial charge on any atom is -0.480 e. The van der Waals surface area contributed by atoms with Gasteiger partial charge in [0.2, 0.25) is 0 Å². The highest BCUT2D eigenvalue weighted by molar-refractivity contribution is 5.78. The van der Waals surface area contributed by atoms with Crippen LogP contribution in [-0.4, -0.2) is 46.7 Å². The topological polar surface area (TPSA) is 75.5 Å². The van der Waals surface area contributed by atoms with Gasteiger partial charge in [-0.1, -0.05) is 60.7 Å². The average molecular weight is 437 g/mol. The van der Waals surface area contributed by atoms with Crippen molar-refractivity contribution in [2.75, 3.05) is 24.5 Å². The smallest absolute Gasteiger partial charge is 0.329 e. The molecule has 0 aliphatic heterocycles. The molecule has 0 radical (unpaired) electrons. The van der Waals surface area contributed by atoms with E-state index in [1.807, 2.05) is 0 Å². The van der Waals surface area contributed by atoms with Crippen LogP contribution in [0.4, 0.5) is 5.82 Å². The predicted octanol–water partition coefficient (Wildman–Crippen LogP) is 4.91. The molecule has 0 aliphatic rings. The van der Waals surface area contributed by atoms with E-state index in [2.05, 4.69) is 14.7 Å². The fraction of sp³-hybridized carbons (Fsp3) is 0.320. The Hall–Kier alpha value is -3.25. The van der Waals surface area contributed by atoms with Crippen molar-refractivity contribution in [3.05, 3.63) is 66.9 Å². The number of ether oxygens (including phenoxy) is 1. The Morgan fingerprint density at radius 2 is 1.74 bits per heavy atom. The number of hydrogen-bond donors (Lipinski definition) is 1. The molecule has 3 rings (SSSR count). The number of carboxylic acid groups (broad SMARTS) is 1. The Kier molecular flexibility index (Phi) is 3.29. The van der Waals surface area contributed by atoms with E-state index in [9.17, 15) is 4.79 Å². The number of aliphatic carboxylic acids is 1. The minimum atomic E-state index is -4.49. The standard InChI is InChI=1S/C25H29N3O3/c1-19(2)28(15-9-10-16-31-18-23(29)30)22-17-26-24(20-11-5-3-6-12-20)25(27-22)21-13-7-4-8-14-21/h3-8,11-14,17,19H,9-10,15-16,18H2,1-2H3,(H,29,30)/i1D3,2D3,9D2,10D2,15D2,16D2,18D2,19D. The van der Waals surface area contributed by atoms with E-state index in [-0.39, 0.29) is 17.0 Å². The number of nitrogens with zero attached hydrogens (tertiary/aromatic N) is 3. The Morgan fingerprint density at radius 3 is 2.35 bits per heavy atom. The summed E-state index contributed by atoms with van der Waals surface area (Å²) in [6.45, 7) is -20.8. The highest BCUT2D eigenvalue weighted by Crippen LogP contribution is 2.30. The van der Waals surface area contributed by atoms with Gasteiger partial charge in [0.25, 0.3) is 0 Å². The summed E-state index contributed by atoms with van der Waals surface area (Å²) in [5.74, 6) is -3.55. The molecule has 1 N–H and O–H groups in total. The molecular weight excluding hydrogens is 390 g/mol. The Balaban J connectivity index is 2.46. The second-order valence-corrected chi connectivity index (χ2v) is 5.81. The van der Waals surface area contributed by atoms with Gasteiger partial charge in [0, 0.05) is 46.6 Å². The molecule has 0 bridgehead atoms. The van der Waals surface area contributed by atoms with Crippen molar-refractivity contribution in [1.82, 2.24) is 9.97 Å². The van der Waals surface area contributed by atoms with Crippen LogP contribution in [0.1, 0.15) is 49.8 Å². The maximum absolute atomic E-state index is 11.3. The van der Waals surface area contributed by atoms with Crippen molar-refractivity contribution in [2.45, 2.75) is 32.5 Å². The molecule has 0 saturated heterocycles. The first-order valence-electron chi connectivity index (χ1n) is 17.3. The van der Waals surface area contributed by atoms with Crippen molar-refractivity contribution >= 4 is 11.8 Å². The third-order valence-electron chi connectivity index (χ3n) is 3.78. The molecule has 0 amide bonds. The number of anilines is 1. The van der Waals surface area contributed by atoms with Gasteiger partial charge in [-0.2, -0.15) is 0 Å². The van der Waals surface area contributed by atoms with E-state index in [0.717, 1.165) is 0 Å². The minimum absolute atomic E-state index is 0.100. The quantitative estimate of drug-likeness (QED) is 0.460. The van der Waals surface area contributed by atoms with Gasteiger partial charge in [-0.3, -0.25) is 4.98 Å². The molecule has 0 fully saturated rings. The highest BCUT2D eigenvalue weighted by atomic mass is 16.5. The number of hydrogen-bond acceptors (Lipinski definition) is 5. The SMILES string of the molecule is [2H]C([2H])(OC([2H])([2H])C([2H])([2H])C([2H])([2H])C([2H])([2H])N(c1cnc(-c2ccccc2)c(-c2ccccc2)n1)C([2H])(C([2H])([2H])[2H])C([2H])([2H])[2H])C(=O)O. The number of rotatable bonds is 11. The Labute approximate surface area is 207 Å². The third-order valence-corrected chi connectivity index (χ3v) is 3.78. The van der Waals surface area contributed by atoms with Crippen molar-refractivity contribution < 1.29 is 37.9 Å². The lowest BCUT2D eigenvalue weighted by Crippen LogP contribution is -2.33. The summed E-state index contributed by atoms with van der Waals surface area (Å²) in [6, 6.07) is 11.8. The van der Waals surface area contributed by atoms with Crippen molar-refractivity contribution in [3.8, 4) is 22.5 Å². The van der Waals surface area contributed by atoms with Crippen molar-refractivity contribution in [3.63, 3.8) is 0 Å². The summed E-state index contributed by atoms with van der Waals surface area (Å²) in [4.78, 5) is 19.3. The van der Waals surface area contributed by atoms with Crippen LogP contribution in [0.25, 0.3) is 22.5 Å². The van der Waals surface area contributed by atoms with Crippen LogP contribution in [0.3, 0.4) is 0 Å². The molecule has 0 unspecified atom stereocenters. The van der Waals surface area contributed by atoms with E-state index < -0.39 is 68.8 Å². The monoisotopic (exact) mass is 436 g/mol. The number of carbonyl (C=O) groups is 1. The number of carboxylic acids is 1. The normalized spacial score (nSPS) is 22.5. The predicted molar refractivity (Wildman–Crippen MR) is 123 cm³/mol. The fourth-order valence-electron chi connectivity index (χ4n) is 2.52. The van der Waals surface area contributed by atoms with E-state index in [4.69, 9.17) is 28.4 Å². The maximum Gasteiger partial charge on any atom is 0.329 e. The molecule has 1 aromatic heterocycles. The summed E-state index contributed by atoms with van der Waals surface area (Å²) >= 11 is 0. The van der Waals surface area contributed by atoms with Crippen LogP contribution in [0, 0.1) is 0 Å². The zero-order valence-corrected chi connectivity index (χ0v) is 16.0. The van der Waals surface area contributed by atoms with Gasteiger partial charge in [0.05, 0.1) is 24.4 Å². The molecule has 0 spiro atoms. The number of aromatic nitrogens is 2. The first-order chi connectivity index (χ1) is 21.6. The maximum atomic E-state index is 11.3. The van der Waals surface area contributed by atoms with Gasteiger partial charge in [0.1, 0.15) is 12.4 Å². The molecule has 0 atom stereocenters. The Bertz CT molecular complexity index is 1600. The molecule has 6 heteroatoms. The molecule has 2 aromatic carbocycles. The molecule has 1 heterocycles. The average Bonchev–Trinajstić information content (AvgIpc) is 2.96. The van der Waals surface area contributed by atoms with Gasteiger partial charge in [0.15, 0.2) is 0 Å². The van der Waals surface area contributed by atoms with Crippen molar-refractivity contribution in [1.29, 1.82) is 0 Å². The lowest BCUT2D eigenvalue weighted by Gasteiger charge is -2.28. The van der Waals surface area contributed by atoms with Gasteiger partial charge >= 0.3 is 5.97 Å². The van der Waals surface area contributed by atoms with Crippen LogP contribution in [-0.2, 0) is 9.53 Å². The van der Waals surface area contributed by atoms with Crippen LogP contribution >= 0.6 is 0 Å². The molecule has 31 heavy (non-hydrogen) atoms. The summed E-state index contributed by atoms with van der Waals surface area (Å²) in [5.41, 5.74) is 0.667. The number of benzene rings is 2. The molecular formula is C25H29N3O3. The molecule has 6 nitrogen and oxygen atoms in total. The van der Waals surface area contributed by atoms with Crippen LogP contribution in [0.15, 0.2) is 66.9 Å². The Morgan fingerprint density at radius 1 is 1.10 bits per heavy atom. The van der Waals surface area contributed by atoms with Crippen LogP contribution in [0.5, 0.6) is 0 Å². The molecule has 3 aromatic rings. The van der Waals surface area contributed by atoms with E-state index in [0.29, 0.717) is 11.8 Å². The third kappa shape index (κ3) is 6.36. The largest absolute Gasteiger partial charge is 0.480 e. The zero-order valence-electron chi connectivity index (χ0n) is 33.0. The molecule has 162 valence electrons. The van der Waals surface area contributed by atoms with E-state index in [1.54, 1.807) is 48.5 Å². The zero-order chi connectivity index (χ0) is 36.9. The lowest BCUT2D eigenvalue weighted by atomic mass is 10.0. The van der Waals surface area contributed by atoms with Gasteiger partial charge in [-0.25, -0.2) is 9.78 Å². The van der Waals surface area contributed by atoms with Crippen molar-refractivity contribution in [2.24, 2.45) is 0 Å². The first kappa shape index (κ1) is 9.09. The van der Waals surface area contributed by atoms with Gasteiger partial charge in [-0.15, -0.1) is 0 Å². The van der Waals surface area contributed by atoms with Crippen LogP contribution in [0.2, 0.25) is 0 Å².